The lowest BCUT2D eigenvalue weighted by atomic mass is 10.00. The smallest absolute Gasteiger partial charge is 0.251 e. The minimum Gasteiger partial charge on any atom is -0.370 e. The van der Waals surface area contributed by atoms with Gasteiger partial charge in [0.15, 0.2) is 5.96 Å². The number of rotatable bonds is 4. The molecule has 1 atom stereocenters. The number of aliphatic imine (C=N–C) groups is 1. The van der Waals surface area contributed by atoms with Gasteiger partial charge in [0.2, 0.25) is 0 Å². The molecule has 0 bridgehead atoms. The Hall–Kier alpha value is -2.13. The van der Waals surface area contributed by atoms with Crippen LogP contribution in [0.25, 0.3) is 0 Å². The second kappa shape index (κ2) is 11.3. The van der Waals surface area contributed by atoms with Crippen LogP contribution in [0.2, 0.25) is 0 Å². The summed E-state index contributed by atoms with van der Waals surface area (Å²) in [7, 11) is 3.44. The largest absolute Gasteiger partial charge is 0.370 e. The summed E-state index contributed by atoms with van der Waals surface area (Å²) in [5, 5.41) is 6.07. The summed E-state index contributed by atoms with van der Waals surface area (Å²) in [4.78, 5) is 18.4. The number of aryl methyl sites for hydroxylation is 2. The van der Waals surface area contributed by atoms with Crippen LogP contribution in [0.5, 0.6) is 0 Å². The minimum absolute atomic E-state index is 0. The molecule has 6 nitrogen and oxygen atoms in total. The maximum Gasteiger partial charge on any atom is 0.251 e. The number of morpholine rings is 1. The van der Waals surface area contributed by atoms with Gasteiger partial charge in [-0.2, -0.15) is 0 Å². The van der Waals surface area contributed by atoms with E-state index >= 15 is 0 Å². The summed E-state index contributed by atoms with van der Waals surface area (Å²) >= 11 is 0. The van der Waals surface area contributed by atoms with Gasteiger partial charge in [-0.25, -0.2) is 0 Å². The number of amides is 1. The third-order valence-electron chi connectivity index (χ3n) is 5.24. The number of carbonyl (C=O) groups excluding carboxylic acids is 1. The molecule has 0 radical (unpaired) electrons. The molecular formula is C23H31IN4O2. The fraction of sp³-hybridized carbons (Fsp3) is 0.391. The van der Waals surface area contributed by atoms with Gasteiger partial charge in [-0.05, 0) is 42.7 Å². The van der Waals surface area contributed by atoms with Crippen LogP contribution in [0.1, 0.15) is 38.7 Å². The fourth-order valence-electron chi connectivity index (χ4n) is 3.65. The Morgan fingerprint density at radius 3 is 2.57 bits per heavy atom. The normalized spacial score (nSPS) is 16.6. The molecule has 1 fully saturated rings. The van der Waals surface area contributed by atoms with Crippen molar-refractivity contribution in [1.29, 1.82) is 0 Å². The molecule has 1 saturated heterocycles. The third kappa shape index (κ3) is 5.95. The van der Waals surface area contributed by atoms with Crippen molar-refractivity contribution < 1.29 is 9.53 Å². The van der Waals surface area contributed by atoms with E-state index in [9.17, 15) is 4.79 Å². The summed E-state index contributed by atoms with van der Waals surface area (Å²) in [6, 6.07) is 14.1. The summed E-state index contributed by atoms with van der Waals surface area (Å²) in [5.74, 6) is 0.782. The molecule has 1 aliphatic heterocycles. The van der Waals surface area contributed by atoms with Gasteiger partial charge in [-0.15, -0.1) is 24.0 Å². The first kappa shape index (κ1) is 24.1. The molecule has 1 aliphatic rings. The molecule has 1 unspecified atom stereocenters. The topological polar surface area (TPSA) is 66.0 Å². The first-order chi connectivity index (χ1) is 14.0. The van der Waals surface area contributed by atoms with Crippen LogP contribution in [0.3, 0.4) is 0 Å². The van der Waals surface area contributed by atoms with Crippen molar-refractivity contribution in [2.75, 3.05) is 33.8 Å². The lowest BCUT2D eigenvalue weighted by Crippen LogP contribution is -2.48. The zero-order valence-electron chi connectivity index (χ0n) is 18.1. The van der Waals surface area contributed by atoms with Crippen molar-refractivity contribution in [2.24, 2.45) is 4.99 Å². The average molecular weight is 522 g/mol. The van der Waals surface area contributed by atoms with Crippen LogP contribution < -0.4 is 10.6 Å². The molecule has 30 heavy (non-hydrogen) atoms. The quantitative estimate of drug-likeness (QED) is 0.367. The number of halogens is 1. The Morgan fingerprint density at radius 1 is 1.20 bits per heavy atom. The number of guanidine groups is 1. The number of benzene rings is 2. The Bertz CT molecular complexity index is 883. The van der Waals surface area contributed by atoms with Gasteiger partial charge in [0.05, 0.1) is 13.2 Å². The lowest BCUT2D eigenvalue weighted by molar-refractivity contribution is -0.00834. The van der Waals surface area contributed by atoms with Crippen molar-refractivity contribution in [1.82, 2.24) is 15.5 Å². The highest BCUT2D eigenvalue weighted by Crippen LogP contribution is 2.26. The minimum atomic E-state index is -0.0777. The van der Waals surface area contributed by atoms with Crippen molar-refractivity contribution in [3.63, 3.8) is 0 Å². The van der Waals surface area contributed by atoms with Crippen LogP contribution in [-0.2, 0) is 11.3 Å². The summed E-state index contributed by atoms with van der Waals surface area (Å²) in [6.07, 6.45) is 0.0368. The molecule has 7 heteroatoms. The molecule has 2 N–H and O–H groups in total. The average Bonchev–Trinajstić information content (AvgIpc) is 2.74. The van der Waals surface area contributed by atoms with E-state index < -0.39 is 0 Å². The highest BCUT2D eigenvalue weighted by Gasteiger charge is 2.25. The Morgan fingerprint density at radius 2 is 1.93 bits per heavy atom. The van der Waals surface area contributed by atoms with Crippen molar-refractivity contribution >= 4 is 35.8 Å². The zero-order valence-corrected chi connectivity index (χ0v) is 20.4. The van der Waals surface area contributed by atoms with Crippen LogP contribution in [0.15, 0.2) is 47.5 Å². The Kier molecular flexibility index (Phi) is 9.10. The molecule has 0 spiro atoms. The van der Waals surface area contributed by atoms with Crippen molar-refractivity contribution in [2.45, 2.75) is 26.5 Å². The Balaban J connectivity index is 0.00000320. The lowest BCUT2D eigenvalue weighted by Gasteiger charge is -2.36. The molecule has 1 amide bonds. The zero-order chi connectivity index (χ0) is 20.8. The van der Waals surface area contributed by atoms with Crippen LogP contribution >= 0.6 is 24.0 Å². The number of nitrogens with zero attached hydrogens (tertiary/aromatic N) is 2. The van der Waals surface area contributed by atoms with Crippen LogP contribution in [0.4, 0.5) is 0 Å². The van der Waals surface area contributed by atoms with E-state index in [-0.39, 0.29) is 36.0 Å². The second-order valence-electron chi connectivity index (χ2n) is 7.34. The fourth-order valence-corrected chi connectivity index (χ4v) is 3.65. The number of carbonyl (C=O) groups is 1. The first-order valence-corrected chi connectivity index (χ1v) is 9.97. The molecular weight excluding hydrogens is 491 g/mol. The summed E-state index contributed by atoms with van der Waals surface area (Å²) < 4.78 is 6.06. The van der Waals surface area contributed by atoms with E-state index in [4.69, 9.17) is 4.74 Å². The number of hydrogen-bond donors (Lipinski definition) is 2. The number of nitrogens with one attached hydrogen (secondary N) is 2. The van der Waals surface area contributed by atoms with Crippen molar-refractivity contribution in [3.05, 3.63) is 70.3 Å². The highest BCUT2D eigenvalue weighted by atomic mass is 127. The standard InChI is InChI=1S/C23H30N4O2.HI/c1-16-5-10-20(17(2)13-16)21-15-27(11-12-29-21)23(25-4)26-14-18-6-8-19(9-7-18)22(28)24-3;/h5-10,13,21H,11-12,14-15H2,1-4H3,(H,24,28)(H,25,26);1H. The molecule has 162 valence electrons. The van der Waals surface area contributed by atoms with Crippen LogP contribution in [-0.4, -0.2) is 50.6 Å². The van der Waals surface area contributed by atoms with E-state index in [1.807, 2.05) is 24.3 Å². The maximum absolute atomic E-state index is 11.7. The summed E-state index contributed by atoms with van der Waals surface area (Å²) in [5.41, 5.74) is 5.51. The van der Waals surface area contributed by atoms with Gasteiger partial charge in [0, 0.05) is 32.7 Å². The van der Waals surface area contributed by atoms with Gasteiger partial charge < -0.3 is 20.3 Å². The van der Waals surface area contributed by atoms with Gasteiger partial charge >= 0.3 is 0 Å². The number of hydrogen-bond acceptors (Lipinski definition) is 3. The Labute approximate surface area is 196 Å². The molecule has 2 aromatic rings. The van der Waals surface area contributed by atoms with E-state index in [0.29, 0.717) is 18.7 Å². The van der Waals surface area contributed by atoms with E-state index in [1.54, 1.807) is 14.1 Å². The predicted molar refractivity (Wildman–Crippen MR) is 132 cm³/mol. The van der Waals surface area contributed by atoms with E-state index in [1.165, 1.54) is 16.7 Å². The number of ether oxygens (including phenoxy) is 1. The molecule has 0 aliphatic carbocycles. The SMILES string of the molecule is CN=C(NCc1ccc(C(=O)NC)cc1)N1CCOC(c2ccc(C)cc2C)C1.I. The second-order valence-corrected chi connectivity index (χ2v) is 7.34. The monoisotopic (exact) mass is 522 g/mol. The molecule has 0 aromatic heterocycles. The first-order valence-electron chi connectivity index (χ1n) is 9.97. The molecule has 3 rings (SSSR count). The molecule has 1 heterocycles. The molecule has 0 saturated carbocycles. The van der Waals surface area contributed by atoms with E-state index in [2.05, 4.69) is 52.6 Å². The predicted octanol–water partition coefficient (Wildman–Crippen LogP) is 3.43. The van der Waals surface area contributed by atoms with Crippen molar-refractivity contribution in [3.8, 4) is 0 Å². The van der Waals surface area contributed by atoms with Gasteiger partial charge in [-0.1, -0.05) is 35.9 Å². The third-order valence-corrected chi connectivity index (χ3v) is 5.24. The highest BCUT2D eigenvalue weighted by molar-refractivity contribution is 14.0. The van der Waals surface area contributed by atoms with Gasteiger partial charge in [-0.3, -0.25) is 9.79 Å². The van der Waals surface area contributed by atoms with Crippen LogP contribution in [0, 0.1) is 13.8 Å². The van der Waals surface area contributed by atoms with Gasteiger partial charge in [0.25, 0.3) is 5.91 Å². The maximum atomic E-state index is 11.7. The van der Waals surface area contributed by atoms with Gasteiger partial charge in [0.1, 0.15) is 6.10 Å². The molecule has 2 aromatic carbocycles. The van der Waals surface area contributed by atoms with E-state index in [0.717, 1.165) is 24.6 Å². The summed E-state index contributed by atoms with van der Waals surface area (Å²) in [6.45, 7) is 7.12.